The van der Waals surface area contributed by atoms with E-state index in [1.165, 1.54) is 24.0 Å². The van der Waals surface area contributed by atoms with Gasteiger partial charge in [-0.05, 0) is 61.4 Å². The molecule has 0 amide bonds. The third-order valence-electron chi connectivity index (χ3n) is 4.21. The Kier molecular flexibility index (Phi) is 4.83. The van der Waals surface area contributed by atoms with Crippen molar-refractivity contribution in [2.45, 2.75) is 32.6 Å². The van der Waals surface area contributed by atoms with E-state index in [-0.39, 0.29) is 0 Å². The average Bonchev–Trinajstić information content (AvgIpc) is 3.24. The van der Waals surface area contributed by atoms with Crippen LogP contribution in [0.2, 0.25) is 0 Å². The first-order chi connectivity index (χ1) is 9.23. The molecular weight excluding hydrogens is 236 g/mol. The third-order valence-corrected chi connectivity index (χ3v) is 4.21. The van der Waals surface area contributed by atoms with Crippen molar-refractivity contribution in [3.05, 3.63) is 29.3 Å². The van der Waals surface area contributed by atoms with Crippen molar-refractivity contribution in [1.82, 2.24) is 5.32 Å². The minimum Gasteiger partial charge on any atom is -0.496 e. The normalized spacial score (nSPS) is 16.4. The van der Waals surface area contributed by atoms with Gasteiger partial charge in [0.05, 0.1) is 7.11 Å². The highest BCUT2D eigenvalue weighted by atomic mass is 16.5. The van der Waals surface area contributed by atoms with Crippen molar-refractivity contribution in [2.24, 2.45) is 11.1 Å². The van der Waals surface area contributed by atoms with Crippen molar-refractivity contribution in [1.29, 1.82) is 0 Å². The van der Waals surface area contributed by atoms with Gasteiger partial charge in [0.25, 0.3) is 0 Å². The molecule has 0 aliphatic heterocycles. The number of methoxy groups -OCH3 is 1. The van der Waals surface area contributed by atoms with Gasteiger partial charge >= 0.3 is 0 Å². The topological polar surface area (TPSA) is 47.3 Å². The molecule has 3 heteroatoms. The van der Waals surface area contributed by atoms with Crippen LogP contribution in [0.1, 0.15) is 30.9 Å². The third kappa shape index (κ3) is 3.71. The molecule has 0 radical (unpaired) electrons. The first kappa shape index (κ1) is 14.4. The molecule has 3 nitrogen and oxygen atoms in total. The Labute approximate surface area is 116 Å². The van der Waals surface area contributed by atoms with E-state index in [1.54, 1.807) is 7.11 Å². The zero-order chi connectivity index (χ0) is 13.7. The fourth-order valence-corrected chi connectivity index (χ4v) is 2.48. The van der Waals surface area contributed by atoms with Crippen LogP contribution in [-0.2, 0) is 12.8 Å². The zero-order valence-corrected chi connectivity index (χ0v) is 12.2. The average molecular weight is 262 g/mol. The first-order valence-corrected chi connectivity index (χ1v) is 7.29. The molecule has 2 rings (SSSR count). The standard InChI is InChI=1S/C16H26N2O/c1-3-14-10-13(4-5-15(14)19-2)6-9-18-12-16(11-17)7-8-16/h4-5,10,18H,3,6-9,11-12,17H2,1-2H3. The van der Waals surface area contributed by atoms with Crippen LogP contribution in [0.3, 0.4) is 0 Å². The monoisotopic (exact) mass is 262 g/mol. The molecule has 0 unspecified atom stereocenters. The number of hydrogen-bond donors (Lipinski definition) is 2. The smallest absolute Gasteiger partial charge is 0.122 e. The van der Waals surface area contributed by atoms with Gasteiger partial charge in [-0.3, -0.25) is 0 Å². The lowest BCUT2D eigenvalue weighted by Gasteiger charge is -2.14. The molecule has 3 N–H and O–H groups in total. The Morgan fingerprint density at radius 1 is 1.37 bits per heavy atom. The maximum atomic E-state index is 5.78. The molecular formula is C16H26N2O. The summed E-state index contributed by atoms with van der Waals surface area (Å²) >= 11 is 0. The van der Waals surface area contributed by atoms with Crippen LogP contribution in [-0.4, -0.2) is 26.7 Å². The van der Waals surface area contributed by atoms with Crippen LogP contribution in [0.25, 0.3) is 0 Å². The van der Waals surface area contributed by atoms with Gasteiger partial charge in [-0.25, -0.2) is 0 Å². The highest BCUT2D eigenvalue weighted by Crippen LogP contribution is 2.43. The van der Waals surface area contributed by atoms with E-state index in [9.17, 15) is 0 Å². The molecule has 1 aromatic rings. The zero-order valence-electron chi connectivity index (χ0n) is 12.2. The van der Waals surface area contributed by atoms with Crippen molar-refractivity contribution >= 4 is 0 Å². The number of nitrogens with two attached hydrogens (primary N) is 1. The molecule has 1 aliphatic carbocycles. The quantitative estimate of drug-likeness (QED) is 0.706. The molecule has 0 spiro atoms. The first-order valence-electron chi connectivity index (χ1n) is 7.29. The van der Waals surface area contributed by atoms with Gasteiger partial charge in [-0.2, -0.15) is 0 Å². The number of aryl methyl sites for hydroxylation is 1. The summed E-state index contributed by atoms with van der Waals surface area (Å²) in [6.45, 7) is 5.08. The van der Waals surface area contributed by atoms with Crippen molar-refractivity contribution in [3.63, 3.8) is 0 Å². The summed E-state index contributed by atoms with van der Waals surface area (Å²) in [6.07, 6.45) is 4.66. The number of benzene rings is 1. The predicted molar refractivity (Wildman–Crippen MR) is 79.7 cm³/mol. The van der Waals surface area contributed by atoms with Gasteiger partial charge in [-0.1, -0.05) is 19.1 Å². The number of nitrogens with one attached hydrogen (secondary N) is 1. The van der Waals surface area contributed by atoms with E-state index in [4.69, 9.17) is 10.5 Å². The second-order valence-electron chi connectivity index (χ2n) is 5.63. The minimum atomic E-state index is 0.425. The van der Waals surface area contributed by atoms with Gasteiger partial charge in [0.1, 0.15) is 5.75 Å². The minimum absolute atomic E-state index is 0.425. The summed E-state index contributed by atoms with van der Waals surface area (Å²) in [6, 6.07) is 6.50. The lowest BCUT2D eigenvalue weighted by atomic mass is 10.0. The van der Waals surface area contributed by atoms with E-state index in [0.29, 0.717) is 5.41 Å². The Balaban J connectivity index is 1.79. The summed E-state index contributed by atoms with van der Waals surface area (Å²) in [5, 5.41) is 3.54. The molecule has 106 valence electrons. The van der Waals surface area contributed by atoms with Crippen LogP contribution < -0.4 is 15.8 Å². The van der Waals surface area contributed by atoms with E-state index in [2.05, 4.69) is 30.4 Å². The predicted octanol–water partition coefficient (Wildman–Crippen LogP) is 2.13. The molecule has 1 fully saturated rings. The van der Waals surface area contributed by atoms with Gasteiger partial charge < -0.3 is 15.8 Å². The molecule has 1 aliphatic rings. The molecule has 0 saturated heterocycles. The molecule has 0 bridgehead atoms. The van der Waals surface area contributed by atoms with E-state index >= 15 is 0 Å². The Morgan fingerprint density at radius 2 is 2.16 bits per heavy atom. The van der Waals surface area contributed by atoms with Gasteiger partial charge in [0, 0.05) is 6.54 Å². The lowest BCUT2D eigenvalue weighted by Crippen LogP contribution is -2.30. The summed E-state index contributed by atoms with van der Waals surface area (Å²) in [4.78, 5) is 0. The second kappa shape index (κ2) is 6.40. The van der Waals surface area contributed by atoms with E-state index in [1.807, 2.05) is 0 Å². The molecule has 1 saturated carbocycles. The van der Waals surface area contributed by atoms with Crippen molar-refractivity contribution in [2.75, 3.05) is 26.7 Å². The fraction of sp³-hybridized carbons (Fsp3) is 0.625. The maximum absolute atomic E-state index is 5.78. The van der Waals surface area contributed by atoms with Gasteiger partial charge in [0.15, 0.2) is 0 Å². The fourth-order valence-electron chi connectivity index (χ4n) is 2.48. The Bertz CT molecular complexity index is 413. The number of hydrogen-bond acceptors (Lipinski definition) is 3. The SMILES string of the molecule is CCc1cc(CCNCC2(CN)CC2)ccc1OC. The summed E-state index contributed by atoms with van der Waals surface area (Å²) < 4.78 is 5.35. The number of ether oxygens (including phenoxy) is 1. The molecule has 0 atom stereocenters. The maximum Gasteiger partial charge on any atom is 0.122 e. The largest absolute Gasteiger partial charge is 0.496 e. The highest BCUT2D eigenvalue weighted by molar-refractivity contribution is 5.37. The second-order valence-corrected chi connectivity index (χ2v) is 5.63. The summed E-state index contributed by atoms with van der Waals surface area (Å²) in [5.41, 5.74) is 8.87. The molecule has 19 heavy (non-hydrogen) atoms. The summed E-state index contributed by atoms with van der Waals surface area (Å²) in [7, 11) is 1.73. The molecule has 1 aromatic carbocycles. The Hall–Kier alpha value is -1.06. The highest BCUT2D eigenvalue weighted by Gasteiger charge is 2.40. The Morgan fingerprint density at radius 3 is 2.74 bits per heavy atom. The molecule has 0 aromatic heterocycles. The molecule has 0 heterocycles. The van der Waals surface area contributed by atoms with Crippen molar-refractivity contribution < 1.29 is 4.74 Å². The number of rotatable bonds is 8. The van der Waals surface area contributed by atoms with E-state index in [0.717, 1.165) is 38.2 Å². The van der Waals surface area contributed by atoms with Crippen LogP contribution in [0.15, 0.2) is 18.2 Å². The van der Waals surface area contributed by atoms with E-state index < -0.39 is 0 Å². The van der Waals surface area contributed by atoms with Crippen molar-refractivity contribution in [3.8, 4) is 5.75 Å². The van der Waals surface area contributed by atoms with Crippen LogP contribution >= 0.6 is 0 Å². The van der Waals surface area contributed by atoms with Gasteiger partial charge in [-0.15, -0.1) is 0 Å². The van der Waals surface area contributed by atoms with Crippen LogP contribution in [0.5, 0.6) is 5.75 Å². The van der Waals surface area contributed by atoms with Crippen LogP contribution in [0, 0.1) is 5.41 Å². The van der Waals surface area contributed by atoms with Crippen LogP contribution in [0.4, 0.5) is 0 Å². The van der Waals surface area contributed by atoms with Gasteiger partial charge in [0.2, 0.25) is 0 Å². The summed E-state index contributed by atoms with van der Waals surface area (Å²) in [5.74, 6) is 0.999. The lowest BCUT2D eigenvalue weighted by molar-refractivity contribution is 0.410.